The second-order valence-corrected chi connectivity index (χ2v) is 4.17. The normalized spacial score (nSPS) is 10.5. The molecule has 17 heavy (non-hydrogen) atoms. The number of hydrogen-bond donors (Lipinski definition) is 2. The van der Waals surface area contributed by atoms with Crippen molar-refractivity contribution in [1.82, 2.24) is 10.3 Å². The molecule has 1 aromatic heterocycles. The van der Waals surface area contributed by atoms with Crippen LogP contribution in [0.2, 0.25) is 0 Å². The number of amides is 1. The summed E-state index contributed by atoms with van der Waals surface area (Å²) in [5.74, 6) is 0.277. The first kappa shape index (κ1) is 13.4. The number of aromatic nitrogens is 1. The topological polar surface area (TPSA) is 71.2 Å². The standard InChI is InChI=1S/C12H18N2O3/c1-9(2)8-17-6-5-13-12(16)10-3-4-11(15)14-7-10/h3-4,7,9H,5-6,8H2,1-2H3,(H,13,16)(H,14,15). The second kappa shape index (κ2) is 6.85. The van der Waals surface area contributed by atoms with E-state index in [2.05, 4.69) is 24.1 Å². The summed E-state index contributed by atoms with van der Waals surface area (Å²) < 4.78 is 5.33. The first-order chi connectivity index (χ1) is 8.09. The third kappa shape index (κ3) is 5.31. The Morgan fingerprint density at radius 3 is 2.82 bits per heavy atom. The molecule has 94 valence electrons. The maximum absolute atomic E-state index is 11.6. The number of hydrogen-bond acceptors (Lipinski definition) is 3. The van der Waals surface area contributed by atoms with Crippen LogP contribution in [-0.4, -0.2) is 30.6 Å². The van der Waals surface area contributed by atoms with Crippen LogP contribution in [0.25, 0.3) is 0 Å². The molecular formula is C12H18N2O3. The molecule has 0 saturated heterocycles. The molecule has 0 spiro atoms. The fourth-order valence-electron chi connectivity index (χ4n) is 1.21. The summed E-state index contributed by atoms with van der Waals surface area (Å²) in [5, 5.41) is 2.71. The Kier molecular flexibility index (Phi) is 5.42. The summed E-state index contributed by atoms with van der Waals surface area (Å²) >= 11 is 0. The number of nitrogens with one attached hydrogen (secondary N) is 2. The van der Waals surface area contributed by atoms with Crippen molar-refractivity contribution in [2.75, 3.05) is 19.8 Å². The lowest BCUT2D eigenvalue weighted by molar-refractivity contribution is 0.0886. The molecule has 0 radical (unpaired) electrons. The fraction of sp³-hybridized carbons (Fsp3) is 0.500. The molecule has 0 saturated carbocycles. The summed E-state index contributed by atoms with van der Waals surface area (Å²) in [5.41, 5.74) is 0.218. The number of pyridine rings is 1. The van der Waals surface area contributed by atoms with E-state index in [9.17, 15) is 9.59 Å². The highest BCUT2D eigenvalue weighted by Gasteiger charge is 2.04. The lowest BCUT2D eigenvalue weighted by atomic mass is 10.2. The van der Waals surface area contributed by atoms with Crippen LogP contribution >= 0.6 is 0 Å². The fourth-order valence-corrected chi connectivity index (χ4v) is 1.21. The van der Waals surface area contributed by atoms with Crippen LogP contribution in [0.1, 0.15) is 24.2 Å². The Balaban J connectivity index is 2.26. The zero-order valence-corrected chi connectivity index (χ0v) is 10.2. The Morgan fingerprint density at radius 2 is 2.24 bits per heavy atom. The summed E-state index contributed by atoms with van der Waals surface area (Å²) in [7, 11) is 0. The molecule has 0 aliphatic heterocycles. The summed E-state index contributed by atoms with van der Waals surface area (Å²) in [4.78, 5) is 24.8. The van der Waals surface area contributed by atoms with Gasteiger partial charge in [-0.25, -0.2) is 0 Å². The Hall–Kier alpha value is -1.62. The average molecular weight is 238 g/mol. The van der Waals surface area contributed by atoms with Gasteiger partial charge in [0, 0.05) is 25.4 Å². The number of carbonyl (C=O) groups excluding carboxylic acids is 1. The number of aromatic amines is 1. The van der Waals surface area contributed by atoms with Crippen LogP contribution in [0.4, 0.5) is 0 Å². The molecule has 1 amide bonds. The van der Waals surface area contributed by atoms with Gasteiger partial charge in [-0.05, 0) is 12.0 Å². The van der Waals surface area contributed by atoms with Crippen molar-refractivity contribution in [3.05, 3.63) is 34.2 Å². The van der Waals surface area contributed by atoms with Crippen LogP contribution in [0, 0.1) is 5.92 Å². The minimum atomic E-state index is -0.221. The zero-order valence-electron chi connectivity index (χ0n) is 10.2. The molecule has 0 bridgehead atoms. The van der Waals surface area contributed by atoms with Gasteiger partial charge in [-0.3, -0.25) is 9.59 Å². The summed E-state index contributed by atoms with van der Waals surface area (Å²) in [6.07, 6.45) is 1.40. The van der Waals surface area contributed by atoms with Crippen LogP contribution < -0.4 is 10.9 Å². The molecule has 1 aromatic rings. The maximum Gasteiger partial charge on any atom is 0.252 e. The van der Waals surface area contributed by atoms with Crippen molar-refractivity contribution >= 4 is 5.91 Å². The van der Waals surface area contributed by atoms with Crippen molar-refractivity contribution in [3.63, 3.8) is 0 Å². The monoisotopic (exact) mass is 238 g/mol. The highest BCUT2D eigenvalue weighted by molar-refractivity contribution is 5.93. The molecule has 0 aliphatic rings. The van der Waals surface area contributed by atoms with Gasteiger partial charge in [-0.2, -0.15) is 0 Å². The summed E-state index contributed by atoms with van der Waals surface area (Å²) in [6, 6.07) is 2.81. The van der Waals surface area contributed by atoms with E-state index in [1.165, 1.54) is 18.3 Å². The molecular weight excluding hydrogens is 220 g/mol. The molecule has 5 nitrogen and oxygen atoms in total. The smallest absolute Gasteiger partial charge is 0.252 e. The van der Waals surface area contributed by atoms with E-state index in [0.29, 0.717) is 31.2 Å². The van der Waals surface area contributed by atoms with Crippen molar-refractivity contribution in [1.29, 1.82) is 0 Å². The van der Waals surface area contributed by atoms with Crippen molar-refractivity contribution in [2.24, 2.45) is 5.92 Å². The summed E-state index contributed by atoms with van der Waals surface area (Å²) in [6.45, 7) is 5.78. The largest absolute Gasteiger partial charge is 0.379 e. The number of carbonyl (C=O) groups is 1. The lowest BCUT2D eigenvalue weighted by Gasteiger charge is -2.07. The molecule has 0 atom stereocenters. The van der Waals surface area contributed by atoms with E-state index in [4.69, 9.17) is 4.74 Å². The van der Waals surface area contributed by atoms with Gasteiger partial charge in [0.05, 0.1) is 12.2 Å². The Bertz CT molecular complexity index is 392. The van der Waals surface area contributed by atoms with Gasteiger partial charge in [0.1, 0.15) is 0 Å². The van der Waals surface area contributed by atoms with Gasteiger partial charge in [0.2, 0.25) is 5.56 Å². The van der Waals surface area contributed by atoms with E-state index in [1.807, 2.05) is 0 Å². The lowest BCUT2D eigenvalue weighted by Crippen LogP contribution is -2.28. The molecule has 0 fully saturated rings. The van der Waals surface area contributed by atoms with E-state index >= 15 is 0 Å². The highest BCUT2D eigenvalue weighted by Crippen LogP contribution is 1.93. The van der Waals surface area contributed by atoms with Crippen molar-refractivity contribution < 1.29 is 9.53 Å². The quantitative estimate of drug-likeness (QED) is 0.719. The predicted molar refractivity (Wildman–Crippen MR) is 65.1 cm³/mol. The minimum absolute atomic E-state index is 0.214. The molecule has 0 aromatic carbocycles. The molecule has 1 rings (SSSR count). The van der Waals surface area contributed by atoms with Crippen molar-refractivity contribution in [2.45, 2.75) is 13.8 Å². The molecule has 0 unspecified atom stereocenters. The average Bonchev–Trinajstić information content (AvgIpc) is 2.29. The van der Waals surface area contributed by atoms with Crippen LogP contribution in [0.15, 0.2) is 23.1 Å². The van der Waals surface area contributed by atoms with Crippen LogP contribution in [-0.2, 0) is 4.74 Å². The third-order valence-electron chi connectivity index (χ3n) is 2.03. The van der Waals surface area contributed by atoms with Gasteiger partial charge in [0.15, 0.2) is 0 Å². The predicted octanol–water partition coefficient (Wildman–Crippen LogP) is 0.777. The molecule has 5 heteroatoms. The third-order valence-corrected chi connectivity index (χ3v) is 2.03. The van der Waals surface area contributed by atoms with Gasteiger partial charge < -0.3 is 15.0 Å². The Morgan fingerprint density at radius 1 is 1.47 bits per heavy atom. The van der Waals surface area contributed by atoms with E-state index in [-0.39, 0.29) is 11.5 Å². The van der Waals surface area contributed by atoms with Crippen molar-refractivity contribution in [3.8, 4) is 0 Å². The van der Waals surface area contributed by atoms with Crippen LogP contribution in [0.5, 0.6) is 0 Å². The number of H-pyrrole nitrogens is 1. The molecule has 2 N–H and O–H groups in total. The SMILES string of the molecule is CC(C)COCCNC(=O)c1ccc(=O)[nH]c1. The highest BCUT2D eigenvalue weighted by atomic mass is 16.5. The molecule has 0 aliphatic carbocycles. The van der Waals surface area contributed by atoms with E-state index < -0.39 is 0 Å². The zero-order chi connectivity index (χ0) is 12.7. The first-order valence-corrected chi connectivity index (χ1v) is 5.64. The maximum atomic E-state index is 11.6. The molecule has 1 heterocycles. The first-order valence-electron chi connectivity index (χ1n) is 5.64. The van der Waals surface area contributed by atoms with Gasteiger partial charge in [-0.1, -0.05) is 13.8 Å². The minimum Gasteiger partial charge on any atom is -0.379 e. The van der Waals surface area contributed by atoms with E-state index in [1.54, 1.807) is 0 Å². The van der Waals surface area contributed by atoms with Crippen LogP contribution in [0.3, 0.4) is 0 Å². The van der Waals surface area contributed by atoms with Gasteiger partial charge >= 0.3 is 0 Å². The second-order valence-electron chi connectivity index (χ2n) is 4.17. The number of ether oxygens (including phenoxy) is 1. The van der Waals surface area contributed by atoms with Gasteiger partial charge in [-0.15, -0.1) is 0 Å². The Labute approximate surface area is 100 Å². The van der Waals surface area contributed by atoms with E-state index in [0.717, 1.165) is 0 Å². The van der Waals surface area contributed by atoms with Gasteiger partial charge in [0.25, 0.3) is 5.91 Å². The number of rotatable bonds is 6.